The molecule has 0 bridgehead atoms. The van der Waals surface area contributed by atoms with Crippen molar-refractivity contribution < 1.29 is 22.5 Å². The van der Waals surface area contributed by atoms with E-state index in [0.717, 1.165) is 16.8 Å². The van der Waals surface area contributed by atoms with Gasteiger partial charge in [-0.3, -0.25) is 4.79 Å². The molecule has 2 aromatic carbocycles. The lowest BCUT2D eigenvalue weighted by atomic mass is 9.92. The number of nitrogens with zero attached hydrogens (tertiary/aromatic N) is 2. The Hall–Kier alpha value is -3.16. The van der Waals surface area contributed by atoms with E-state index in [0.29, 0.717) is 11.1 Å². The molecule has 1 N–H and O–H groups in total. The summed E-state index contributed by atoms with van der Waals surface area (Å²) in [6, 6.07) is 12.0. The number of benzene rings is 2. The fourth-order valence-corrected chi connectivity index (χ4v) is 3.11. The summed E-state index contributed by atoms with van der Waals surface area (Å²) in [4.78, 5) is 16.2. The SMILES string of the molecule is CC(C)c1cccc(C(C)C)c1NC(=O)c1ccc(-c2noc(C(F)(F)F)n2)cc1. The van der Waals surface area contributed by atoms with Gasteiger partial charge in [-0.05, 0) is 35.1 Å². The van der Waals surface area contributed by atoms with Gasteiger partial charge in [-0.25, -0.2) is 0 Å². The molecule has 0 spiro atoms. The molecule has 3 aromatic rings. The van der Waals surface area contributed by atoms with Gasteiger partial charge in [-0.1, -0.05) is 63.2 Å². The molecule has 158 valence electrons. The van der Waals surface area contributed by atoms with Gasteiger partial charge in [0.25, 0.3) is 5.91 Å². The summed E-state index contributed by atoms with van der Waals surface area (Å²) in [6.45, 7) is 8.24. The molecule has 30 heavy (non-hydrogen) atoms. The first-order valence-electron chi connectivity index (χ1n) is 9.53. The van der Waals surface area contributed by atoms with E-state index in [1.165, 1.54) is 24.3 Å². The minimum Gasteiger partial charge on any atom is -0.329 e. The first-order chi connectivity index (χ1) is 14.1. The number of hydrogen-bond donors (Lipinski definition) is 1. The molecule has 3 rings (SSSR count). The van der Waals surface area contributed by atoms with E-state index in [9.17, 15) is 18.0 Å². The van der Waals surface area contributed by atoms with E-state index in [4.69, 9.17) is 0 Å². The lowest BCUT2D eigenvalue weighted by Gasteiger charge is -2.20. The highest BCUT2D eigenvalue weighted by molar-refractivity contribution is 6.05. The number of carbonyl (C=O) groups is 1. The van der Waals surface area contributed by atoms with Crippen molar-refractivity contribution in [1.29, 1.82) is 0 Å². The molecule has 0 saturated heterocycles. The Balaban J connectivity index is 1.85. The van der Waals surface area contributed by atoms with Crippen molar-refractivity contribution >= 4 is 11.6 Å². The molecule has 0 aliphatic rings. The minimum absolute atomic E-state index is 0.193. The molecule has 5 nitrogen and oxygen atoms in total. The first kappa shape index (κ1) is 21.5. The molecular formula is C22H22F3N3O2. The largest absolute Gasteiger partial charge is 0.471 e. The third-order valence-corrected chi connectivity index (χ3v) is 4.69. The molecule has 8 heteroatoms. The summed E-state index contributed by atoms with van der Waals surface area (Å²) >= 11 is 0. The van der Waals surface area contributed by atoms with Crippen molar-refractivity contribution in [1.82, 2.24) is 10.1 Å². The lowest BCUT2D eigenvalue weighted by molar-refractivity contribution is -0.159. The van der Waals surface area contributed by atoms with Crippen LogP contribution in [-0.4, -0.2) is 16.0 Å². The molecule has 0 aliphatic heterocycles. The topological polar surface area (TPSA) is 68.0 Å². The van der Waals surface area contributed by atoms with E-state index in [2.05, 4.69) is 47.7 Å². The zero-order valence-corrected chi connectivity index (χ0v) is 17.0. The summed E-state index contributed by atoms with van der Waals surface area (Å²) < 4.78 is 42.1. The Bertz CT molecular complexity index is 1010. The second kappa shape index (κ2) is 8.30. The molecule has 0 aliphatic carbocycles. The van der Waals surface area contributed by atoms with E-state index in [-0.39, 0.29) is 23.6 Å². The van der Waals surface area contributed by atoms with E-state index in [1.807, 2.05) is 18.2 Å². The van der Waals surface area contributed by atoms with Gasteiger partial charge in [-0.15, -0.1) is 0 Å². The quantitative estimate of drug-likeness (QED) is 0.532. The lowest BCUT2D eigenvalue weighted by Crippen LogP contribution is -2.16. The Kier molecular flexibility index (Phi) is 5.96. The Morgan fingerprint density at radius 1 is 0.967 bits per heavy atom. The number of alkyl halides is 3. The minimum atomic E-state index is -4.71. The van der Waals surface area contributed by atoms with Crippen molar-refractivity contribution in [2.24, 2.45) is 0 Å². The molecule has 0 saturated carbocycles. The predicted molar refractivity (Wildman–Crippen MR) is 107 cm³/mol. The van der Waals surface area contributed by atoms with Crippen LogP contribution in [0.3, 0.4) is 0 Å². The molecule has 0 atom stereocenters. The molecule has 1 heterocycles. The number of carbonyl (C=O) groups excluding carboxylic acids is 1. The van der Waals surface area contributed by atoms with Crippen LogP contribution in [0, 0.1) is 0 Å². The Labute approximate surface area is 172 Å². The van der Waals surface area contributed by atoms with Crippen molar-refractivity contribution in [2.75, 3.05) is 5.32 Å². The highest BCUT2D eigenvalue weighted by atomic mass is 19.4. The fraction of sp³-hybridized carbons (Fsp3) is 0.318. The van der Waals surface area contributed by atoms with Crippen LogP contribution in [0.1, 0.15) is 66.9 Å². The monoisotopic (exact) mass is 417 g/mol. The fourth-order valence-electron chi connectivity index (χ4n) is 3.11. The number of para-hydroxylation sites is 1. The van der Waals surface area contributed by atoms with Gasteiger partial charge in [0, 0.05) is 16.8 Å². The van der Waals surface area contributed by atoms with Crippen LogP contribution in [0.25, 0.3) is 11.4 Å². The van der Waals surface area contributed by atoms with Crippen LogP contribution in [0.2, 0.25) is 0 Å². The second-order valence-electron chi connectivity index (χ2n) is 7.57. The van der Waals surface area contributed by atoms with Crippen molar-refractivity contribution in [3.05, 3.63) is 65.0 Å². The number of amides is 1. The van der Waals surface area contributed by atoms with Crippen LogP contribution in [0.4, 0.5) is 18.9 Å². The van der Waals surface area contributed by atoms with Crippen molar-refractivity contribution in [3.8, 4) is 11.4 Å². The molecule has 1 aromatic heterocycles. The van der Waals surface area contributed by atoms with E-state index in [1.54, 1.807) is 0 Å². The zero-order chi connectivity index (χ0) is 22.1. The summed E-state index contributed by atoms with van der Waals surface area (Å²) in [5.41, 5.74) is 3.56. The maximum atomic E-state index is 12.8. The Morgan fingerprint density at radius 3 is 2.00 bits per heavy atom. The number of aromatic nitrogens is 2. The Morgan fingerprint density at radius 2 is 1.53 bits per heavy atom. The number of anilines is 1. The van der Waals surface area contributed by atoms with Crippen molar-refractivity contribution in [3.63, 3.8) is 0 Å². The molecular weight excluding hydrogens is 395 g/mol. The van der Waals surface area contributed by atoms with E-state index >= 15 is 0 Å². The van der Waals surface area contributed by atoms with Crippen LogP contribution in [0.5, 0.6) is 0 Å². The van der Waals surface area contributed by atoms with Crippen LogP contribution >= 0.6 is 0 Å². The average Bonchev–Trinajstić information content (AvgIpc) is 3.18. The maximum absolute atomic E-state index is 12.8. The smallest absolute Gasteiger partial charge is 0.329 e. The highest BCUT2D eigenvalue weighted by Gasteiger charge is 2.38. The molecule has 0 unspecified atom stereocenters. The average molecular weight is 417 g/mol. The number of hydrogen-bond acceptors (Lipinski definition) is 4. The third kappa shape index (κ3) is 4.53. The van der Waals surface area contributed by atoms with Crippen LogP contribution < -0.4 is 5.32 Å². The maximum Gasteiger partial charge on any atom is 0.471 e. The van der Waals surface area contributed by atoms with Crippen LogP contribution in [-0.2, 0) is 6.18 Å². The highest BCUT2D eigenvalue weighted by Crippen LogP contribution is 2.33. The number of halogens is 3. The van der Waals surface area contributed by atoms with Gasteiger partial charge in [0.05, 0.1) is 0 Å². The third-order valence-electron chi connectivity index (χ3n) is 4.69. The summed E-state index contributed by atoms with van der Waals surface area (Å²) in [5, 5.41) is 6.35. The zero-order valence-electron chi connectivity index (χ0n) is 17.0. The predicted octanol–water partition coefficient (Wildman–Crippen LogP) is 6.25. The van der Waals surface area contributed by atoms with Gasteiger partial charge in [0.2, 0.25) is 5.82 Å². The molecule has 0 radical (unpaired) electrons. The van der Waals surface area contributed by atoms with Gasteiger partial charge in [0.1, 0.15) is 0 Å². The first-order valence-corrected chi connectivity index (χ1v) is 9.53. The van der Waals surface area contributed by atoms with Gasteiger partial charge < -0.3 is 9.84 Å². The van der Waals surface area contributed by atoms with Crippen LogP contribution in [0.15, 0.2) is 47.0 Å². The number of rotatable bonds is 5. The molecule has 0 fully saturated rings. The second-order valence-corrected chi connectivity index (χ2v) is 7.57. The summed E-state index contributed by atoms with van der Waals surface area (Å²) in [7, 11) is 0. The standard InChI is InChI=1S/C22H22F3N3O2/c1-12(2)16-6-5-7-17(13(3)4)18(16)26-20(29)15-10-8-14(9-11-15)19-27-21(30-28-19)22(23,24)25/h5-13H,1-4H3,(H,26,29). The number of nitrogens with one attached hydrogen (secondary N) is 1. The summed E-state index contributed by atoms with van der Waals surface area (Å²) in [6.07, 6.45) is -4.71. The van der Waals surface area contributed by atoms with Crippen molar-refractivity contribution in [2.45, 2.75) is 45.7 Å². The van der Waals surface area contributed by atoms with Gasteiger partial charge in [0.15, 0.2) is 0 Å². The normalized spacial score (nSPS) is 11.9. The molecule has 1 amide bonds. The summed E-state index contributed by atoms with van der Waals surface area (Å²) in [5.74, 6) is -1.46. The van der Waals surface area contributed by atoms with Gasteiger partial charge in [-0.2, -0.15) is 18.2 Å². The van der Waals surface area contributed by atoms with E-state index < -0.39 is 12.1 Å². The van der Waals surface area contributed by atoms with Gasteiger partial charge >= 0.3 is 12.1 Å².